The van der Waals surface area contributed by atoms with Crippen LogP contribution in [0.15, 0.2) is 0 Å². The fourth-order valence-corrected chi connectivity index (χ4v) is 5.80. The highest BCUT2D eigenvalue weighted by atomic mass is 16.5. The van der Waals surface area contributed by atoms with Gasteiger partial charge in [0.25, 0.3) is 0 Å². The first-order valence-corrected chi connectivity index (χ1v) is 17.1. The van der Waals surface area contributed by atoms with Crippen LogP contribution < -0.4 is 0 Å². The van der Waals surface area contributed by atoms with Crippen LogP contribution in [0.1, 0.15) is 166 Å². The molecule has 0 aliphatic heterocycles. The standard InChI is InChI=1S/C36H74O6/c1-14-32(8,40-12)23-19-26-35(38,16-3)29-42-36(17-4,27-20-24-33(9,15-2)41-13)28-21-30(5)34(10,37)25-18-22-31(6,7)39-11/h30,37-38H,14-29H2,1-13H3. The Morgan fingerprint density at radius 2 is 1.07 bits per heavy atom. The molecule has 0 amide bonds. The van der Waals surface area contributed by atoms with Crippen molar-refractivity contribution in [2.75, 3.05) is 27.9 Å². The van der Waals surface area contributed by atoms with E-state index in [0.717, 1.165) is 83.5 Å². The third kappa shape index (κ3) is 14.7. The van der Waals surface area contributed by atoms with E-state index >= 15 is 0 Å². The average Bonchev–Trinajstić information content (AvgIpc) is 2.97. The molecule has 0 aromatic rings. The molecule has 0 spiro atoms. The number of hydrogen-bond donors (Lipinski definition) is 2. The maximum absolute atomic E-state index is 11.6. The van der Waals surface area contributed by atoms with Gasteiger partial charge in [0, 0.05) is 21.3 Å². The molecule has 0 aliphatic carbocycles. The molecule has 0 aliphatic rings. The van der Waals surface area contributed by atoms with E-state index < -0.39 is 11.2 Å². The molecule has 42 heavy (non-hydrogen) atoms. The predicted molar refractivity (Wildman–Crippen MR) is 177 cm³/mol. The summed E-state index contributed by atoms with van der Waals surface area (Å²) in [5.41, 5.74) is -2.42. The summed E-state index contributed by atoms with van der Waals surface area (Å²) in [5.74, 6) is 0.128. The maximum atomic E-state index is 11.6. The summed E-state index contributed by atoms with van der Waals surface area (Å²) < 4.78 is 24.0. The second-order valence-electron chi connectivity index (χ2n) is 14.7. The topological polar surface area (TPSA) is 77.4 Å². The van der Waals surface area contributed by atoms with Crippen molar-refractivity contribution in [3.05, 3.63) is 0 Å². The van der Waals surface area contributed by atoms with Crippen molar-refractivity contribution in [1.29, 1.82) is 0 Å². The molecule has 6 heteroatoms. The Kier molecular flexibility index (Phi) is 18.6. The van der Waals surface area contributed by atoms with Gasteiger partial charge >= 0.3 is 0 Å². The molecule has 6 atom stereocenters. The van der Waals surface area contributed by atoms with Crippen LogP contribution in [0.5, 0.6) is 0 Å². The van der Waals surface area contributed by atoms with E-state index in [1.54, 1.807) is 21.3 Å². The fraction of sp³-hybridized carbons (Fsp3) is 1.00. The Hall–Kier alpha value is -0.240. The number of rotatable bonds is 26. The van der Waals surface area contributed by atoms with Crippen LogP contribution in [0, 0.1) is 5.92 Å². The molecule has 0 saturated carbocycles. The highest BCUT2D eigenvalue weighted by molar-refractivity contribution is 4.89. The van der Waals surface area contributed by atoms with E-state index in [4.69, 9.17) is 18.9 Å². The summed E-state index contributed by atoms with van der Waals surface area (Å²) in [6.45, 7) is 21.6. The molecule has 0 heterocycles. The van der Waals surface area contributed by atoms with Gasteiger partial charge in [0.05, 0.1) is 40.2 Å². The van der Waals surface area contributed by atoms with E-state index in [1.165, 1.54) is 0 Å². The molecule has 0 aromatic heterocycles. The van der Waals surface area contributed by atoms with E-state index in [1.807, 2.05) is 6.92 Å². The molecule has 0 rings (SSSR count). The molecule has 6 unspecified atom stereocenters. The molecule has 254 valence electrons. The van der Waals surface area contributed by atoms with Gasteiger partial charge in [-0.15, -0.1) is 0 Å². The fourth-order valence-electron chi connectivity index (χ4n) is 5.80. The third-order valence-corrected chi connectivity index (χ3v) is 11.2. The lowest BCUT2D eigenvalue weighted by Crippen LogP contribution is -2.43. The first-order valence-electron chi connectivity index (χ1n) is 17.1. The highest BCUT2D eigenvalue weighted by Gasteiger charge is 2.37. The van der Waals surface area contributed by atoms with E-state index in [2.05, 4.69) is 62.3 Å². The Labute approximate surface area is 262 Å². The highest BCUT2D eigenvalue weighted by Crippen LogP contribution is 2.37. The molecule has 0 saturated heterocycles. The number of methoxy groups -OCH3 is 3. The van der Waals surface area contributed by atoms with Crippen LogP contribution in [0.2, 0.25) is 0 Å². The van der Waals surface area contributed by atoms with Gasteiger partial charge in [-0.2, -0.15) is 0 Å². The average molecular weight is 603 g/mol. The molecular formula is C36H74O6. The minimum Gasteiger partial charge on any atom is -0.390 e. The molecule has 0 aromatic carbocycles. The molecular weight excluding hydrogens is 528 g/mol. The second kappa shape index (κ2) is 18.7. The van der Waals surface area contributed by atoms with Crippen molar-refractivity contribution in [3.8, 4) is 0 Å². The van der Waals surface area contributed by atoms with Crippen LogP contribution in [0.25, 0.3) is 0 Å². The SMILES string of the molecule is CCC(O)(CCCC(C)(CC)OC)COC(CC)(CCCC(C)(CC)OC)CCC(C)C(C)(O)CCCC(C)(C)OC. The first kappa shape index (κ1) is 41.8. The summed E-state index contributed by atoms with van der Waals surface area (Å²) in [6, 6.07) is 0. The zero-order valence-corrected chi connectivity index (χ0v) is 30.4. The van der Waals surface area contributed by atoms with Crippen molar-refractivity contribution < 1.29 is 29.2 Å². The molecule has 6 nitrogen and oxygen atoms in total. The van der Waals surface area contributed by atoms with Gasteiger partial charge < -0.3 is 29.2 Å². The van der Waals surface area contributed by atoms with Crippen LogP contribution in [0.3, 0.4) is 0 Å². The summed E-state index contributed by atoms with van der Waals surface area (Å²) in [7, 11) is 5.33. The Bertz CT molecular complexity index is 699. The van der Waals surface area contributed by atoms with E-state index in [9.17, 15) is 10.2 Å². The lowest BCUT2D eigenvalue weighted by Gasteiger charge is -2.40. The summed E-state index contributed by atoms with van der Waals surface area (Å²) in [5, 5.41) is 23.0. The van der Waals surface area contributed by atoms with Crippen molar-refractivity contribution in [1.82, 2.24) is 0 Å². The smallest absolute Gasteiger partial charge is 0.0877 e. The van der Waals surface area contributed by atoms with Crippen molar-refractivity contribution in [2.24, 2.45) is 5.92 Å². The molecule has 0 bridgehead atoms. The van der Waals surface area contributed by atoms with Gasteiger partial charge in [0.15, 0.2) is 0 Å². The normalized spacial score (nSPS) is 20.6. The molecule has 0 radical (unpaired) electrons. The van der Waals surface area contributed by atoms with E-state index in [0.29, 0.717) is 19.4 Å². The quantitative estimate of drug-likeness (QED) is 0.103. The Morgan fingerprint density at radius 3 is 1.50 bits per heavy atom. The Balaban J connectivity index is 5.62. The lowest BCUT2D eigenvalue weighted by molar-refractivity contribution is -0.139. The third-order valence-electron chi connectivity index (χ3n) is 11.2. The van der Waals surface area contributed by atoms with E-state index in [-0.39, 0.29) is 28.3 Å². The number of hydrogen-bond acceptors (Lipinski definition) is 6. The summed E-state index contributed by atoms with van der Waals surface area (Å²) in [6.07, 6.45) is 13.2. The molecule has 2 N–H and O–H groups in total. The minimum atomic E-state index is -0.863. The first-order chi connectivity index (χ1) is 19.4. The lowest BCUT2D eigenvalue weighted by atomic mass is 9.78. The van der Waals surface area contributed by atoms with Crippen LogP contribution in [-0.2, 0) is 18.9 Å². The van der Waals surface area contributed by atoms with Gasteiger partial charge in [-0.3, -0.25) is 0 Å². The van der Waals surface area contributed by atoms with Crippen LogP contribution in [0.4, 0.5) is 0 Å². The zero-order valence-electron chi connectivity index (χ0n) is 30.4. The maximum Gasteiger partial charge on any atom is 0.0877 e. The largest absolute Gasteiger partial charge is 0.390 e. The zero-order chi connectivity index (χ0) is 32.7. The number of ether oxygens (including phenoxy) is 4. The van der Waals surface area contributed by atoms with Crippen LogP contribution >= 0.6 is 0 Å². The van der Waals surface area contributed by atoms with Gasteiger partial charge in [0.2, 0.25) is 0 Å². The molecule has 0 fully saturated rings. The summed E-state index contributed by atoms with van der Waals surface area (Å²) >= 11 is 0. The second-order valence-corrected chi connectivity index (χ2v) is 14.7. The van der Waals surface area contributed by atoms with Gasteiger partial charge in [0.1, 0.15) is 0 Å². The predicted octanol–water partition coefficient (Wildman–Crippen LogP) is 9.03. The Morgan fingerprint density at radius 1 is 0.571 bits per heavy atom. The summed E-state index contributed by atoms with van der Waals surface area (Å²) in [4.78, 5) is 0. The van der Waals surface area contributed by atoms with Crippen molar-refractivity contribution >= 4 is 0 Å². The monoisotopic (exact) mass is 603 g/mol. The van der Waals surface area contributed by atoms with Gasteiger partial charge in [-0.25, -0.2) is 0 Å². The minimum absolute atomic E-state index is 0.128. The number of aliphatic hydroxyl groups is 2. The van der Waals surface area contributed by atoms with Crippen molar-refractivity contribution in [3.63, 3.8) is 0 Å². The van der Waals surface area contributed by atoms with Crippen molar-refractivity contribution in [2.45, 2.75) is 199 Å². The van der Waals surface area contributed by atoms with Crippen LogP contribution in [-0.4, -0.2) is 71.8 Å². The van der Waals surface area contributed by atoms with Gasteiger partial charge in [-0.05, 0) is 137 Å². The van der Waals surface area contributed by atoms with Gasteiger partial charge in [-0.1, -0.05) is 34.6 Å².